The van der Waals surface area contributed by atoms with Crippen molar-refractivity contribution in [1.29, 1.82) is 0 Å². The lowest BCUT2D eigenvalue weighted by Gasteiger charge is -2.17. The molecule has 1 aliphatic rings. The van der Waals surface area contributed by atoms with Crippen LogP contribution in [0, 0.1) is 0 Å². The van der Waals surface area contributed by atoms with Crippen LogP contribution < -0.4 is 15.8 Å². The first-order chi connectivity index (χ1) is 17.1. The minimum atomic E-state index is -4.73. The summed E-state index contributed by atoms with van der Waals surface area (Å²) in [6, 6.07) is 1.41. The summed E-state index contributed by atoms with van der Waals surface area (Å²) in [4.78, 5) is 22.7. The number of pyridine rings is 1. The molecule has 1 aliphatic heterocycles. The third-order valence-electron chi connectivity index (χ3n) is 5.94. The average Bonchev–Trinajstić information content (AvgIpc) is 3.40. The molecule has 36 heavy (non-hydrogen) atoms. The molecule has 0 bridgehead atoms. The van der Waals surface area contributed by atoms with Crippen LogP contribution in [-0.4, -0.2) is 83.1 Å². The predicted molar refractivity (Wildman–Crippen MR) is 121 cm³/mol. The zero-order valence-corrected chi connectivity index (χ0v) is 19.5. The zero-order chi connectivity index (χ0) is 26.0. The molecule has 10 nitrogen and oxygen atoms in total. The van der Waals surface area contributed by atoms with Crippen molar-refractivity contribution in [1.82, 2.24) is 29.8 Å². The van der Waals surface area contributed by atoms with Gasteiger partial charge in [0.1, 0.15) is 23.6 Å². The lowest BCUT2D eigenvalue weighted by atomic mass is 10.1. The number of likely N-dealkylation sites (tertiary alicyclic amines) is 1. The van der Waals surface area contributed by atoms with E-state index in [1.54, 1.807) is 7.11 Å². The summed E-state index contributed by atoms with van der Waals surface area (Å²) in [6.45, 7) is 1.64. The van der Waals surface area contributed by atoms with Gasteiger partial charge in [0.2, 0.25) is 5.88 Å². The summed E-state index contributed by atoms with van der Waals surface area (Å²) in [6.07, 6.45) is -3.02. The van der Waals surface area contributed by atoms with Gasteiger partial charge in [0.15, 0.2) is 5.82 Å². The number of methoxy groups -OCH3 is 2. The Morgan fingerprint density at radius 3 is 2.72 bits per heavy atom. The lowest BCUT2D eigenvalue weighted by Crippen LogP contribution is -2.41. The van der Waals surface area contributed by atoms with Crippen molar-refractivity contribution < 1.29 is 31.8 Å². The number of amides is 1. The van der Waals surface area contributed by atoms with Crippen molar-refractivity contribution in [2.45, 2.75) is 24.8 Å². The Bertz CT molecular complexity index is 1250. The Morgan fingerprint density at radius 1 is 1.25 bits per heavy atom. The molecule has 14 heteroatoms. The van der Waals surface area contributed by atoms with Gasteiger partial charge >= 0.3 is 6.18 Å². The van der Waals surface area contributed by atoms with E-state index < -0.39 is 35.4 Å². The van der Waals surface area contributed by atoms with Gasteiger partial charge in [0, 0.05) is 45.1 Å². The molecule has 4 heterocycles. The summed E-state index contributed by atoms with van der Waals surface area (Å²) in [7, 11) is 2.88. The molecule has 1 fully saturated rings. The van der Waals surface area contributed by atoms with E-state index in [4.69, 9.17) is 15.2 Å². The minimum Gasteiger partial charge on any atom is -0.480 e. The number of nitrogens with zero attached hydrogens (tertiary/aromatic N) is 5. The Morgan fingerprint density at radius 2 is 2.03 bits per heavy atom. The Kier molecular flexibility index (Phi) is 7.26. The van der Waals surface area contributed by atoms with Gasteiger partial charge in [-0.25, -0.2) is 18.9 Å². The van der Waals surface area contributed by atoms with Crippen molar-refractivity contribution >= 4 is 17.2 Å². The predicted octanol–water partition coefficient (Wildman–Crippen LogP) is 2.19. The average molecular weight is 511 g/mol. The molecule has 0 saturated carbocycles. The molecule has 2 unspecified atom stereocenters. The van der Waals surface area contributed by atoms with Crippen LogP contribution in [0.5, 0.6) is 5.88 Å². The van der Waals surface area contributed by atoms with E-state index in [9.17, 15) is 22.4 Å². The largest absolute Gasteiger partial charge is 0.480 e. The topological polar surface area (TPSA) is 120 Å². The SMILES string of the molecule is COCCCN1CC(F)C(NC(=O)c2cc(-c3cc(C(F)(F)F)c4c(N)ncnn34)cnc2OC)C1. The number of carbonyl (C=O) groups is 1. The Balaban J connectivity index is 1.64. The van der Waals surface area contributed by atoms with Crippen LogP contribution in [0.15, 0.2) is 24.7 Å². The fourth-order valence-corrected chi connectivity index (χ4v) is 4.25. The van der Waals surface area contributed by atoms with E-state index in [2.05, 4.69) is 20.4 Å². The molecule has 194 valence electrons. The molecular weight excluding hydrogens is 486 g/mol. The molecule has 0 aromatic carbocycles. The number of nitrogen functional groups attached to an aromatic ring is 1. The van der Waals surface area contributed by atoms with Crippen molar-refractivity contribution in [3.05, 3.63) is 35.8 Å². The number of nitrogens with one attached hydrogen (secondary N) is 1. The quantitative estimate of drug-likeness (QED) is 0.349. The van der Waals surface area contributed by atoms with Crippen LogP contribution in [0.1, 0.15) is 22.3 Å². The summed E-state index contributed by atoms with van der Waals surface area (Å²) in [5, 5.41) is 6.56. The van der Waals surface area contributed by atoms with Gasteiger partial charge in [-0.3, -0.25) is 9.69 Å². The Labute approximate surface area is 203 Å². The van der Waals surface area contributed by atoms with Gasteiger partial charge in [0.25, 0.3) is 5.91 Å². The molecule has 3 aromatic heterocycles. The van der Waals surface area contributed by atoms with E-state index in [1.165, 1.54) is 19.4 Å². The number of hydrogen-bond donors (Lipinski definition) is 2. The summed E-state index contributed by atoms with van der Waals surface area (Å²) < 4.78 is 66.8. The van der Waals surface area contributed by atoms with Gasteiger partial charge in [-0.05, 0) is 18.6 Å². The highest BCUT2D eigenvalue weighted by atomic mass is 19.4. The number of nitrogens with two attached hydrogens (primary N) is 1. The van der Waals surface area contributed by atoms with E-state index in [1.807, 2.05) is 4.90 Å². The molecular formula is C22H25F4N7O3. The molecule has 1 amide bonds. The number of halogens is 4. The van der Waals surface area contributed by atoms with Gasteiger partial charge < -0.3 is 20.5 Å². The van der Waals surface area contributed by atoms with E-state index >= 15 is 0 Å². The molecule has 3 aromatic rings. The second-order valence-electron chi connectivity index (χ2n) is 8.33. The highest BCUT2D eigenvalue weighted by Gasteiger charge is 2.37. The fourth-order valence-electron chi connectivity index (χ4n) is 4.25. The summed E-state index contributed by atoms with van der Waals surface area (Å²) in [5.41, 5.74) is 4.33. The molecule has 0 aliphatic carbocycles. The van der Waals surface area contributed by atoms with Gasteiger partial charge in [0.05, 0.1) is 24.4 Å². The first-order valence-corrected chi connectivity index (χ1v) is 11.0. The van der Waals surface area contributed by atoms with Crippen LogP contribution in [-0.2, 0) is 10.9 Å². The smallest absolute Gasteiger partial charge is 0.418 e. The van der Waals surface area contributed by atoms with Crippen LogP contribution >= 0.6 is 0 Å². The number of rotatable bonds is 8. The molecule has 3 N–H and O–H groups in total. The lowest BCUT2D eigenvalue weighted by molar-refractivity contribution is -0.136. The fraction of sp³-hybridized carbons (Fsp3) is 0.455. The van der Waals surface area contributed by atoms with E-state index in [-0.39, 0.29) is 35.1 Å². The number of hydrogen-bond acceptors (Lipinski definition) is 8. The van der Waals surface area contributed by atoms with Crippen molar-refractivity contribution in [3.8, 4) is 17.1 Å². The standard InChI is InChI=1S/C22H25F4N7O3/c1-35-5-3-4-32-9-15(23)16(10-32)31-20(34)13-6-12(8-28-21(13)36-2)17-7-14(22(24,25)26)18-19(27)29-11-30-33(17)18/h6-8,11,15-16H,3-5,9-10H2,1-2H3,(H,31,34)(H2,27,29,30). The second kappa shape index (κ2) is 10.2. The molecule has 0 radical (unpaired) electrons. The monoisotopic (exact) mass is 511 g/mol. The number of aromatic nitrogens is 4. The Hall–Kier alpha value is -3.52. The van der Waals surface area contributed by atoms with Crippen molar-refractivity contribution in [2.24, 2.45) is 0 Å². The maximum absolute atomic E-state index is 14.6. The molecule has 1 saturated heterocycles. The van der Waals surface area contributed by atoms with E-state index in [0.717, 1.165) is 23.3 Å². The normalized spacial score (nSPS) is 18.6. The first-order valence-electron chi connectivity index (χ1n) is 11.0. The number of ether oxygens (including phenoxy) is 2. The molecule has 2 atom stereocenters. The zero-order valence-electron chi connectivity index (χ0n) is 19.5. The minimum absolute atomic E-state index is 0.0100. The van der Waals surface area contributed by atoms with Gasteiger partial charge in [-0.15, -0.1) is 0 Å². The number of anilines is 1. The summed E-state index contributed by atoms with van der Waals surface area (Å²) >= 11 is 0. The van der Waals surface area contributed by atoms with Crippen LogP contribution in [0.3, 0.4) is 0 Å². The van der Waals surface area contributed by atoms with Crippen LogP contribution in [0.2, 0.25) is 0 Å². The molecule has 0 spiro atoms. The van der Waals surface area contributed by atoms with Crippen LogP contribution in [0.4, 0.5) is 23.4 Å². The first kappa shape index (κ1) is 25.6. The van der Waals surface area contributed by atoms with Crippen LogP contribution in [0.25, 0.3) is 16.8 Å². The number of fused-ring (bicyclic) bond motifs is 1. The van der Waals surface area contributed by atoms with Gasteiger partial charge in [-0.1, -0.05) is 0 Å². The van der Waals surface area contributed by atoms with Gasteiger partial charge in [-0.2, -0.15) is 18.3 Å². The maximum Gasteiger partial charge on any atom is 0.418 e. The highest BCUT2D eigenvalue weighted by Crippen LogP contribution is 2.39. The third kappa shape index (κ3) is 5.04. The third-order valence-corrected chi connectivity index (χ3v) is 5.94. The van der Waals surface area contributed by atoms with Crippen molar-refractivity contribution in [2.75, 3.05) is 46.2 Å². The number of carbonyl (C=O) groups excluding carboxylic acids is 1. The maximum atomic E-state index is 14.6. The number of alkyl halides is 4. The summed E-state index contributed by atoms with van der Waals surface area (Å²) in [5.74, 6) is -1.08. The second-order valence-corrected chi connectivity index (χ2v) is 8.33. The van der Waals surface area contributed by atoms with E-state index in [0.29, 0.717) is 19.7 Å². The highest BCUT2D eigenvalue weighted by molar-refractivity contribution is 5.98. The van der Waals surface area contributed by atoms with Crippen molar-refractivity contribution in [3.63, 3.8) is 0 Å². The molecule has 4 rings (SSSR count).